The highest BCUT2D eigenvalue weighted by Crippen LogP contribution is 2.21. The summed E-state index contributed by atoms with van der Waals surface area (Å²) in [6.07, 6.45) is 0.352. The second-order valence-electron chi connectivity index (χ2n) is 3.82. The minimum atomic E-state index is -0.360. The molecule has 2 nitrogen and oxygen atoms in total. The highest BCUT2D eigenvalue weighted by Gasteiger charge is 2.09. The van der Waals surface area contributed by atoms with Crippen LogP contribution in [0.5, 0.6) is 0 Å². The first-order valence-electron chi connectivity index (χ1n) is 4.32. The second-order valence-corrected chi connectivity index (χ2v) is 4.80. The van der Waals surface area contributed by atoms with Gasteiger partial charge in [-0.15, -0.1) is 11.3 Å². The van der Waals surface area contributed by atoms with Gasteiger partial charge in [-0.05, 0) is 11.4 Å². The molecule has 0 bridgehead atoms. The third-order valence-electron chi connectivity index (χ3n) is 1.85. The summed E-state index contributed by atoms with van der Waals surface area (Å²) in [5.74, 6) is 0. The van der Waals surface area contributed by atoms with E-state index in [1.165, 1.54) is 0 Å². The Morgan fingerprint density at radius 3 is 2.77 bits per heavy atom. The number of nitrogens with zero attached hydrogens (tertiary/aromatic N) is 1. The summed E-state index contributed by atoms with van der Waals surface area (Å²) in [5.41, 5.74) is 0. The molecule has 0 aliphatic rings. The van der Waals surface area contributed by atoms with Gasteiger partial charge in [0.05, 0.1) is 6.10 Å². The molecule has 1 N–H and O–H groups in total. The van der Waals surface area contributed by atoms with Gasteiger partial charge < -0.3 is 9.50 Å². The molecule has 0 aliphatic carbocycles. The Morgan fingerprint density at radius 1 is 1.62 bits per heavy atom. The Labute approximate surface area is 84.8 Å². The molecule has 1 heterocycles. The van der Waals surface area contributed by atoms with Crippen LogP contribution in [0.25, 0.3) is 0 Å². The molecule has 3 radical (unpaired) electrons. The van der Waals surface area contributed by atoms with Crippen LogP contribution in [-0.4, -0.2) is 38.1 Å². The topological polar surface area (TPSA) is 20.2 Å². The van der Waals surface area contributed by atoms with Crippen LogP contribution >= 0.6 is 11.3 Å². The van der Waals surface area contributed by atoms with E-state index in [0.29, 0.717) is 10.8 Å². The first kappa shape index (κ1) is 10.8. The van der Waals surface area contributed by atoms with Gasteiger partial charge in [-0.2, -0.15) is 0 Å². The molecule has 0 unspecified atom stereocenters. The Hall–Kier alpha value is -0.315. The normalized spacial score (nSPS) is 14.5. The predicted octanol–water partition coefficient (Wildman–Crippen LogP) is 1.33. The molecule has 71 valence electrons. The molecule has 0 aliphatic heterocycles. The summed E-state index contributed by atoms with van der Waals surface area (Å²) >= 11 is 1.58. The molecule has 0 aromatic carbocycles. The van der Waals surface area contributed by atoms with Gasteiger partial charge in [0.2, 0.25) is 0 Å². The van der Waals surface area contributed by atoms with E-state index in [1.54, 1.807) is 11.3 Å². The van der Waals surface area contributed by atoms with Crippen molar-refractivity contribution in [2.75, 3.05) is 20.6 Å². The van der Waals surface area contributed by atoms with Gasteiger partial charge in [0.1, 0.15) is 0 Å². The number of aliphatic hydroxyl groups is 1. The van der Waals surface area contributed by atoms with E-state index in [4.69, 9.17) is 7.98 Å². The fourth-order valence-corrected chi connectivity index (χ4v) is 1.82. The van der Waals surface area contributed by atoms with Crippen LogP contribution in [0.4, 0.5) is 0 Å². The Bertz CT molecular complexity index is 243. The molecule has 0 saturated heterocycles. The van der Waals surface area contributed by atoms with Crippen molar-refractivity contribution < 1.29 is 9.50 Å². The molecule has 0 spiro atoms. The van der Waals surface area contributed by atoms with Gasteiger partial charge in [-0.3, -0.25) is 0 Å². The molecule has 0 saturated carbocycles. The molecule has 0 fully saturated rings. The molecule has 1 aromatic rings. The van der Waals surface area contributed by atoms with Gasteiger partial charge in [0, 0.05) is 31.9 Å². The number of hydrogen-bond acceptors (Lipinski definition) is 2. The standard InChI is InChI=1S/C9H15BNOS/c1-11(2,10)6-5-8(12)9-4-3-7-13-9/h3-4,7-8,12H,5-6H2,1-2H3/t8-/m1/s1. The summed E-state index contributed by atoms with van der Waals surface area (Å²) < 4.78 is 0.405. The lowest BCUT2D eigenvalue weighted by molar-refractivity contribution is -0.774. The molecular weight excluding hydrogens is 181 g/mol. The van der Waals surface area contributed by atoms with E-state index in [2.05, 4.69) is 0 Å². The Balaban J connectivity index is 2.39. The van der Waals surface area contributed by atoms with Crippen molar-refractivity contribution in [1.29, 1.82) is 0 Å². The monoisotopic (exact) mass is 196 g/mol. The van der Waals surface area contributed by atoms with Gasteiger partial charge in [0.25, 0.3) is 0 Å². The lowest BCUT2D eigenvalue weighted by Gasteiger charge is -2.41. The van der Waals surface area contributed by atoms with E-state index in [9.17, 15) is 5.11 Å². The van der Waals surface area contributed by atoms with E-state index in [-0.39, 0.29) is 6.10 Å². The highest BCUT2D eigenvalue weighted by atomic mass is 32.1. The quantitative estimate of drug-likeness (QED) is 0.720. The fraction of sp³-hybridized carbons (Fsp3) is 0.556. The van der Waals surface area contributed by atoms with Crippen molar-refractivity contribution in [3.8, 4) is 0 Å². The zero-order chi connectivity index (χ0) is 9.90. The van der Waals surface area contributed by atoms with Crippen molar-refractivity contribution in [1.82, 2.24) is 0 Å². The first-order chi connectivity index (χ1) is 5.99. The first-order valence-corrected chi connectivity index (χ1v) is 5.20. The van der Waals surface area contributed by atoms with Gasteiger partial charge in [-0.25, -0.2) is 7.98 Å². The molecule has 0 amide bonds. The van der Waals surface area contributed by atoms with Gasteiger partial charge in [0.15, 0.2) is 0 Å². The second kappa shape index (κ2) is 4.27. The molecule has 1 atom stereocenters. The number of quaternary nitrogens is 1. The maximum atomic E-state index is 9.72. The predicted molar refractivity (Wildman–Crippen MR) is 56.6 cm³/mol. The molecule has 1 rings (SSSR count). The van der Waals surface area contributed by atoms with Crippen molar-refractivity contribution in [3.63, 3.8) is 0 Å². The minimum absolute atomic E-state index is 0.360. The third kappa shape index (κ3) is 3.94. The summed E-state index contributed by atoms with van der Waals surface area (Å²) in [5, 5.41) is 11.7. The summed E-state index contributed by atoms with van der Waals surface area (Å²) in [7, 11) is 9.60. The van der Waals surface area contributed by atoms with Gasteiger partial charge >= 0.3 is 0 Å². The fourth-order valence-electron chi connectivity index (χ4n) is 1.08. The largest absolute Gasteiger partial charge is 0.593 e. The number of hydrogen-bond donors (Lipinski definition) is 1. The lowest BCUT2D eigenvalue weighted by atomic mass is 10.1. The third-order valence-corrected chi connectivity index (χ3v) is 2.82. The summed E-state index contributed by atoms with van der Waals surface area (Å²) in [4.78, 5) is 1.02. The maximum Gasteiger partial charge on any atom is 0.0933 e. The zero-order valence-corrected chi connectivity index (χ0v) is 8.92. The van der Waals surface area contributed by atoms with Crippen molar-refractivity contribution in [2.24, 2.45) is 0 Å². The Morgan fingerprint density at radius 2 is 2.31 bits per heavy atom. The summed E-state index contributed by atoms with van der Waals surface area (Å²) in [6.45, 7) is 0.777. The maximum absolute atomic E-state index is 9.72. The van der Waals surface area contributed by atoms with Gasteiger partial charge in [-0.1, -0.05) is 6.07 Å². The zero-order valence-electron chi connectivity index (χ0n) is 8.10. The molecule has 13 heavy (non-hydrogen) atoms. The van der Waals surface area contributed by atoms with Crippen LogP contribution in [-0.2, 0) is 0 Å². The smallest absolute Gasteiger partial charge is 0.0933 e. The lowest BCUT2D eigenvalue weighted by Crippen LogP contribution is -2.37. The van der Waals surface area contributed by atoms with Crippen molar-refractivity contribution in [2.45, 2.75) is 12.5 Å². The van der Waals surface area contributed by atoms with Crippen LogP contribution in [0, 0.1) is 0 Å². The number of rotatable bonds is 4. The average molecular weight is 196 g/mol. The van der Waals surface area contributed by atoms with E-state index in [0.717, 1.165) is 11.4 Å². The van der Waals surface area contributed by atoms with Crippen LogP contribution in [0.2, 0.25) is 0 Å². The molecular formula is C9H15BNOS. The van der Waals surface area contributed by atoms with E-state index < -0.39 is 0 Å². The number of aliphatic hydroxyl groups excluding tert-OH is 1. The minimum Gasteiger partial charge on any atom is -0.593 e. The van der Waals surface area contributed by atoms with Crippen LogP contribution in [0.3, 0.4) is 0 Å². The SMILES string of the molecule is [B-][N+](C)(C)CC[C@@H](O)c1cccs1. The van der Waals surface area contributed by atoms with Crippen LogP contribution in [0.1, 0.15) is 17.4 Å². The van der Waals surface area contributed by atoms with E-state index >= 15 is 0 Å². The molecule has 1 aromatic heterocycles. The van der Waals surface area contributed by atoms with Crippen LogP contribution < -0.4 is 0 Å². The van der Waals surface area contributed by atoms with Crippen molar-refractivity contribution in [3.05, 3.63) is 22.4 Å². The van der Waals surface area contributed by atoms with Crippen molar-refractivity contribution >= 4 is 19.3 Å². The highest BCUT2D eigenvalue weighted by molar-refractivity contribution is 7.10. The van der Waals surface area contributed by atoms with Crippen LogP contribution in [0.15, 0.2) is 17.5 Å². The average Bonchev–Trinajstić information content (AvgIpc) is 2.50. The number of thiophene rings is 1. The Kier molecular flexibility index (Phi) is 3.53. The van der Waals surface area contributed by atoms with E-state index in [1.807, 2.05) is 31.6 Å². The molecule has 4 heteroatoms. The summed E-state index contributed by atoms with van der Waals surface area (Å²) in [6, 6.07) is 3.90.